The number of rotatable bonds is 9. The van der Waals surface area contributed by atoms with Gasteiger partial charge in [-0.15, -0.1) is 0 Å². The topological polar surface area (TPSA) is 66.7 Å². The van der Waals surface area contributed by atoms with E-state index >= 15 is 0 Å². The lowest BCUT2D eigenvalue weighted by Crippen LogP contribution is -2.30. The van der Waals surface area contributed by atoms with Gasteiger partial charge >= 0.3 is 0 Å². The van der Waals surface area contributed by atoms with Crippen LogP contribution in [0.15, 0.2) is 28.0 Å². The summed E-state index contributed by atoms with van der Waals surface area (Å²) < 4.78 is 2.14. The number of anilines is 1. The first kappa shape index (κ1) is 25.9. The molecule has 8 heteroatoms. The van der Waals surface area contributed by atoms with Gasteiger partial charge in [-0.3, -0.25) is 18.9 Å². The van der Waals surface area contributed by atoms with Gasteiger partial charge < -0.3 is 5.32 Å². The number of aromatic nitrogens is 2. The third-order valence-corrected chi connectivity index (χ3v) is 8.45. The van der Waals surface area contributed by atoms with Gasteiger partial charge in [0.2, 0.25) is 0 Å². The zero-order chi connectivity index (χ0) is 24.9. The number of unbranched alkanes of at least 4 members (excludes halogenated alkanes) is 4. The number of hydrogen-bond acceptors (Lipinski definition) is 6. The first-order chi connectivity index (χ1) is 16.9. The van der Waals surface area contributed by atoms with E-state index in [-0.39, 0.29) is 17.5 Å². The van der Waals surface area contributed by atoms with E-state index in [0.29, 0.717) is 32.8 Å². The molecule has 2 fully saturated rings. The number of thiocarbonyl (C=S) groups is 1. The second kappa shape index (κ2) is 11.7. The number of carbonyl (C=O) groups excluding carboxylic acids is 1. The van der Waals surface area contributed by atoms with Crippen LogP contribution in [0.25, 0.3) is 11.7 Å². The van der Waals surface area contributed by atoms with Crippen LogP contribution in [0.2, 0.25) is 0 Å². The maximum atomic E-state index is 13.6. The van der Waals surface area contributed by atoms with Crippen LogP contribution in [0.5, 0.6) is 0 Å². The van der Waals surface area contributed by atoms with Gasteiger partial charge in [0.15, 0.2) is 0 Å². The predicted molar refractivity (Wildman–Crippen MR) is 150 cm³/mol. The lowest BCUT2D eigenvalue weighted by atomic mass is 9.87. The van der Waals surface area contributed by atoms with E-state index in [1.807, 2.05) is 19.1 Å². The first-order valence-corrected chi connectivity index (χ1v) is 14.2. The highest BCUT2D eigenvalue weighted by Gasteiger charge is 2.32. The second-order valence-electron chi connectivity index (χ2n) is 9.91. The summed E-state index contributed by atoms with van der Waals surface area (Å²) in [7, 11) is 0. The highest BCUT2D eigenvalue weighted by Crippen LogP contribution is 2.34. The van der Waals surface area contributed by atoms with Gasteiger partial charge in [-0.2, -0.15) is 0 Å². The summed E-state index contributed by atoms with van der Waals surface area (Å²) in [5.74, 6) is 1.18. The van der Waals surface area contributed by atoms with E-state index in [1.54, 1.807) is 21.6 Å². The van der Waals surface area contributed by atoms with Gasteiger partial charge in [0.05, 0.1) is 10.5 Å². The van der Waals surface area contributed by atoms with E-state index in [9.17, 15) is 9.59 Å². The molecule has 6 nitrogen and oxygen atoms in total. The molecule has 0 unspecified atom stereocenters. The van der Waals surface area contributed by atoms with E-state index in [4.69, 9.17) is 17.2 Å². The van der Waals surface area contributed by atoms with E-state index in [2.05, 4.69) is 19.2 Å². The Bertz CT molecular complexity index is 1180. The highest BCUT2D eigenvalue weighted by molar-refractivity contribution is 8.26. The Balaban J connectivity index is 1.64. The molecule has 1 aliphatic carbocycles. The largest absolute Gasteiger partial charge is 0.367 e. The smallest absolute Gasteiger partial charge is 0.267 e. The molecule has 0 spiro atoms. The van der Waals surface area contributed by atoms with Crippen LogP contribution in [-0.4, -0.2) is 37.1 Å². The minimum atomic E-state index is -0.171. The Hall–Kier alpha value is -2.19. The van der Waals surface area contributed by atoms with E-state index < -0.39 is 0 Å². The number of pyridine rings is 1. The summed E-state index contributed by atoms with van der Waals surface area (Å²) in [6, 6.07) is 4.08. The van der Waals surface area contributed by atoms with Crippen LogP contribution in [0.4, 0.5) is 5.82 Å². The van der Waals surface area contributed by atoms with Gasteiger partial charge in [0.25, 0.3) is 11.5 Å². The SMILES string of the molecule is CCCCCCCN1C(=O)/C(=C\c2c(NC3CCC(C)CC3)nc3c(C)cccn3c2=O)SC1=S. The monoisotopic (exact) mass is 512 g/mol. The fourth-order valence-corrected chi connectivity index (χ4v) is 6.14. The molecule has 1 saturated carbocycles. The predicted octanol–water partition coefficient (Wildman–Crippen LogP) is 6.17. The number of carbonyl (C=O) groups is 1. The van der Waals surface area contributed by atoms with Crippen LogP contribution in [-0.2, 0) is 4.79 Å². The van der Waals surface area contributed by atoms with Crippen molar-refractivity contribution in [3.63, 3.8) is 0 Å². The molecule has 2 aromatic rings. The second-order valence-corrected chi connectivity index (χ2v) is 11.6. The number of nitrogens with one attached hydrogen (secondary N) is 1. The molecule has 2 aromatic heterocycles. The lowest BCUT2D eigenvalue weighted by Gasteiger charge is -2.28. The first-order valence-electron chi connectivity index (χ1n) is 12.9. The van der Waals surface area contributed by atoms with Gasteiger partial charge in [0, 0.05) is 18.8 Å². The quantitative estimate of drug-likeness (QED) is 0.246. The third-order valence-electron chi connectivity index (χ3n) is 7.08. The molecule has 4 rings (SSSR count). The zero-order valence-corrected chi connectivity index (χ0v) is 22.6. The van der Waals surface area contributed by atoms with Gasteiger partial charge in [-0.1, -0.05) is 69.6 Å². The molecule has 1 N–H and O–H groups in total. The van der Waals surface area contributed by atoms with E-state index in [0.717, 1.165) is 50.0 Å². The van der Waals surface area contributed by atoms with Crippen LogP contribution < -0.4 is 10.9 Å². The van der Waals surface area contributed by atoms with Gasteiger partial charge in [-0.25, -0.2) is 4.98 Å². The van der Waals surface area contributed by atoms with Crippen molar-refractivity contribution in [2.75, 3.05) is 11.9 Å². The Labute approximate surface area is 217 Å². The molecular weight excluding hydrogens is 476 g/mol. The summed E-state index contributed by atoms with van der Waals surface area (Å²) in [6.45, 7) is 7.07. The van der Waals surface area contributed by atoms with Crippen molar-refractivity contribution in [3.05, 3.63) is 44.7 Å². The molecule has 0 radical (unpaired) electrons. The number of thioether (sulfide) groups is 1. The molecule has 0 bridgehead atoms. The molecule has 1 aliphatic heterocycles. The molecule has 0 aromatic carbocycles. The molecule has 2 aliphatic rings. The number of nitrogens with zero attached hydrogens (tertiary/aromatic N) is 3. The zero-order valence-electron chi connectivity index (χ0n) is 21.0. The molecular formula is C27H36N4O2S2. The van der Waals surface area contributed by atoms with Crippen molar-refractivity contribution in [2.45, 2.75) is 84.6 Å². The summed E-state index contributed by atoms with van der Waals surface area (Å²) in [5, 5.41) is 3.56. The fourth-order valence-electron chi connectivity index (χ4n) is 4.85. The maximum Gasteiger partial charge on any atom is 0.267 e. The van der Waals surface area contributed by atoms with Crippen molar-refractivity contribution >= 4 is 51.7 Å². The standard InChI is InChI=1S/C27H36N4O2S2/c1-4-5-6-7-8-15-31-26(33)22(35-27(31)34)17-21-23(28-20-13-11-18(2)12-14-20)29-24-19(3)10-9-16-30(24)25(21)32/h9-10,16-18,20,28H,4-8,11-15H2,1-3H3/b22-17+. The Morgan fingerprint density at radius 2 is 1.91 bits per heavy atom. The minimum Gasteiger partial charge on any atom is -0.367 e. The molecule has 1 saturated heterocycles. The Morgan fingerprint density at radius 3 is 2.66 bits per heavy atom. The summed E-state index contributed by atoms with van der Waals surface area (Å²) in [5.41, 5.74) is 1.83. The van der Waals surface area contributed by atoms with Crippen LogP contribution in [0.1, 0.15) is 82.8 Å². The van der Waals surface area contributed by atoms with Crippen LogP contribution >= 0.6 is 24.0 Å². The molecule has 0 atom stereocenters. The van der Waals surface area contributed by atoms with Crippen molar-refractivity contribution in [2.24, 2.45) is 5.92 Å². The van der Waals surface area contributed by atoms with Crippen molar-refractivity contribution in [1.82, 2.24) is 14.3 Å². The van der Waals surface area contributed by atoms with Crippen molar-refractivity contribution in [3.8, 4) is 0 Å². The van der Waals surface area contributed by atoms with Gasteiger partial charge in [0.1, 0.15) is 15.8 Å². The summed E-state index contributed by atoms with van der Waals surface area (Å²) in [6.07, 6.45) is 13.5. The third kappa shape index (κ3) is 5.97. The molecule has 188 valence electrons. The average Bonchev–Trinajstić information content (AvgIpc) is 3.10. The van der Waals surface area contributed by atoms with Crippen LogP contribution in [0.3, 0.4) is 0 Å². The number of fused-ring (bicyclic) bond motifs is 1. The van der Waals surface area contributed by atoms with Crippen molar-refractivity contribution in [1.29, 1.82) is 0 Å². The number of aryl methyl sites for hydroxylation is 1. The fraction of sp³-hybridized carbons (Fsp3) is 0.556. The normalized spacial score (nSPS) is 21.9. The molecule has 3 heterocycles. The summed E-state index contributed by atoms with van der Waals surface area (Å²) in [4.78, 5) is 33.9. The maximum absolute atomic E-state index is 13.6. The van der Waals surface area contributed by atoms with Crippen molar-refractivity contribution < 1.29 is 4.79 Å². The van der Waals surface area contributed by atoms with Gasteiger partial charge in [-0.05, 0) is 62.7 Å². The van der Waals surface area contributed by atoms with Crippen LogP contribution in [0, 0.1) is 12.8 Å². The van der Waals surface area contributed by atoms with E-state index in [1.165, 1.54) is 31.0 Å². The Morgan fingerprint density at radius 1 is 1.17 bits per heavy atom. The minimum absolute atomic E-state index is 0.110. The lowest BCUT2D eigenvalue weighted by molar-refractivity contribution is -0.122. The highest BCUT2D eigenvalue weighted by atomic mass is 32.2. The number of hydrogen-bond donors (Lipinski definition) is 1. The number of amides is 1. The molecule has 35 heavy (non-hydrogen) atoms. The Kier molecular flexibility index (Phi) is 8.65. The summed E-state index contributed by atoms with van der Waals surface area (Å²) >= 11 is 6.81. The average molecular weight is 513 g/mol. The molecule has 1 amide bonds.